The van der Waals surface area contributed by atoms with Crippen molar-refractivity contribution in [1.29, 1.82) is 0 Å². The SMILES string of the molecule is COc1cnc(N2CCN(n3ccnc3-c3ccc4c(c3)COC4)CC2)nc1. The van der Waals surface area contributed by atoms with E-state index in [0.717, 1.165) is 43.5 Å². The number of piperazine rings is 1. The highest BCUT2D eigenvalue weighted by molar-refractivity contribution is 5.59. The van der Waals surface area contributed by atoms with Crippen molar-refractivity contribution in [3.63, 3.8) is 0 Å². The molecule has 0 spiro atoms. The van der Waals surface area contributed by atoms with E-state index >= 15 is 0 Å². The van der Waals surface area contributed by atoms with E-state index in [1.165, 1.54) is 11.1 Å². The van der Waals surface area contributed by atoms with Crippen LogP contribution in [0.5, 0.6) is 5.75 Å². The van der Waals surface area contributed by atoms with Crippen LogP contribution in [0, 0.1) is 0 Å². The molecule has 0 amide bonds. The maximum absolute atomic E-state index is 5.54. The molecule has 28 heavy (non-hydrogen) atoms. The van der Waals surface area contributed by atoms with Gasteiger partial charge in [-0.25, -0.2) is 19.6 Å². The monoisotopic (exact) mass is 378 g/mol. The summed E-state index contributed by atoms with van der Waals surface area (Å²) in [5, 5.41) is 2.31. The van der Waals surface area contributed by atoms with Gasteiger partial charge in [-0.15, -0.1) is 0 Å². The van der Waals surface area contributed by atoms with Crippen molar-refractivity contribution in [1.82, 2.24) is 19.6 Å². The van der Waals surface area contributed by atoms with Crippen LogP contribution in [0.4, 0.5) is 5.95 Å². The van der Waals surface area contributed by atoms with Crippen LogP contribution in [0.2, 0.25) is 0 Å². The highest BCUT2D eigenvalue weighted by Crippen LogP contribution is 2.26. The van der Waals surface area contributed by atoms with Gasteiger partial charge in [-0.05, 0) is 17.2 Å². The van der Waals surface area contributed by atoms with Gasteiger partial charge in [0.15, 0.2) is 11.6 Å². The Morgan fingerprint density at radius 3 is 2.54 bits per heavy atom. The smallest absolute Gasteiger partial charge is 0.225 e. The first-order valence-corrected chi connectivity index (χ1v) is 9.41. The van der Waals surface area contributed by atoms with Gasteiger partial charge in [0.2, 0.25) is 5.95 Å². The largest absolute Gasteiger partial charge is 0.494 e. The van der Waals surface area contributed by atoms with Crippen LogP contribution in [0.3, 0.4) is 0 Å². The summed E-state index contributed by atoms with van der Waals surface area (Å²) in [6, 6.07) is 6.48. The minimum absolute atomic E-state index is 0.671. The summed E-state index contributed by atoms with van der Waals surface area (Å²) in [6.45, 7) is 4.83. The predicted molar refractivity (Wildman–Crippen MR) is 105 cm³/mol. The van der Waals surface area contributed by atoms with Gasteiger partial charge in [-0.3, -0.25) is 0 Å². The number of hydrogen-bond acceptors (Lipinski definition) is 7. The number of ether oxygens (including phenoxy) is 2. The topological polar surface area (TPSA) is 68.5 Å². The highest BCUT2D eigenvalue weighted by Gasteiger charge is 2.22. The summed E-state index contributed by atoms with van der Waals surface area (Å²) in [7, 11) is 1.62. The fourth-order valence-electron chi connectivity index (χ4n) is 3.73. The lowest BCUT2D eigenvalue weighted by Gasteiger charge is -2.37. The number of fused-ring (bicyclic) bond motifs is 1. The molecule has 1 fully saturated rings. The Balaban J connectivity index is 1.31. The van der Waals surface area contributed by atoms with E-state index in [0.29, 0.717) is 19.0 Å². The number of imidazole rings is 1. The first kappa shape index (κ1) is 17.0. The van der Waals surface area contributed by atoms with Crippen LogP contribution in [0.25, 0.3) is 11.4 Å². The third-order valence-corrected chi connectivity index (χ3v) is 5.30. The second kappa shape index (κ2) is 7.12. The third kappa shape index (κ3) is 3.05. The molecule has 0 N–H and O–H groups in total. The molecule has 0 aliphatic carbocycles. The van der Waals surface area contributed by atoms with Crippen LogP contribution < -0.4 is 14.6 Å². The first-order valence-electron chi connectivity index (χ1n) is 9.41. The molecule has 4 heterocycles. The van der Waals surface area contributed by atoms with Gasteiger partial charge < -0.3 is 19.4 Å². The molecule has 8 heteroatoms. The lowest BCUT2D eigenvalue weighted by atomic mass is 10.1. The first-order chi connectivity index (χ1) is 13.8. The number of methoxy groups -OCH3 is 1. The summed E-state index contributed by atoms with van der Waals surface area (Å²) in [6.07, 6.45) is 7.30. The standard InChI is InChI=1S/C20H22N6O2/c1-27-18-11-22-20(23-12-18)24-6-8-25(9-7-24)26-5-4-21-19(26)15-2-3-16-13-28-14-17(16)10-15/h2-5,10-12H,6-9,13-14H2,1H3. The van der Waals surface area contributed by atoms with Gasteiger partial charge in [0, 0.05) is 31.0 Å². The lowest BCUT2D eigenvalue weighted by molar-refractivity contribution is 0.134. The number of aromatic nitrogens is 4. The minimum Gasteiger partial charge on any atom is -0.494 e. The number of hydrogen-bond donors (Lipinski definition) is 0. The van der Waals surface area contributed by atoms with Gasteiger partial charge in [-0.2, -0.15) is 0 Å². The van der Waals surface area contributed by atoms with E-state index < -0.39 is 0 Å². The lowest BCUT2D eigenvalue weighted by Crippen LogP contribution is -2.51. The molecule has 144 valence electrons. The molecule has 2 aromatic heterocycles. The zero-order valence-electron chi connectivity index (χ0n) is 15.8. The zero-order valence-corrected chi connectivity index (χ0v) is 15.8. The number of nitrogens with zero attached hydrogens (tertiary/aromatic N) is 6. The Labute approximate surface area is 163 Å². The summed E-state index contributed by atoms with van der Waals surface area (Å²) in [4.78, 5) is 15.6. The third-order valence-electron chi connectivity index (χ3n) is 5.30. The number of rotatable bonds is 4. The molecule has 2 aliphatic rings. The fourth-order valence-corrected chi connectivity index (χ4v) is 3.73. The molecule has 0 radical (unpaired) electrons. The number of benzene rings is 1. The molecular formula is C20H22N6O2. The summed E-state index contributed by atoms with van der Waals surface area (Å²) < 4.78 is 12.8. The van der Waals surface area contributed by atoms with Gasteiger partial charge >= 0.3 is 0 Å². The molecule has 0 bridgehead atoms. The molecule has 0 unspecified atom stereocenters. The number of anilines is 1. The zero-order chi connectivity index (χ0) is 18.9. The van der Waals surface area contributed by atoms with Crippen molar-refractivity contribution in [2.75, 3.05) is 43.2 Å². The molecule has 1 aromatic carbocycles. The average molecular weight is 378 g/mol. The van der Waals surface area contributed by atoms with Crippen molar-refractivity contribution in [2.24, 2.45) is 0 Å². The van der Waals surface area contributed by atoms with E-state index in [2.05, 4.69) is 47.7 Å². The fraction of sp³-hybridized carbons (Fsp3) is 0.350. The van der Waals surface area contributed by atoms with Crippen LogP contribution in [0.15, 0.2) is 43.0 Å². The Morgan fingerprint density at radius 2 is 1.75 bits per heavy atom. The Morgan fingerprint density at radius 1 is 0.964 bits per heavy atom. The second-order valence-corrected chi connectivity index (χ2v) is 6.94. The van der Waals surface area contributed by atoms with Crippen molar-refractivity contribution in [3.8, 4) is 17.1 Å². The summed E-state index contributed by atoms with van der Waals surface area (Å²) in [5.41, 5.74) is 3.65. The summed E-state index contributed by atoms with van der Waals surface area (Å²) in [5.74, 6) is 2.37. The Bertz CT molecular complexity index is 963. The molecule has 3 aromatic rings. The van der Waals surface area contributed by atoms with Crippen molar-refractivity contribution in [3.05, 3.63) is 54.1 Å². The molecule has 5 rings (SSSR count). The average Bonchev–Trinajstić information content (AvgIpc) is 3.43. The van der Waals surface area contributed by atoms with Crippen LogP contribution in [0.1, 0.15) is 11.1 Å². The minimum atomic E-state index is 0.671. The van der Waals surface area contributed by atoms with Crippen LogP contribution in [-0.4, -0.2) is 52.9 Å². The van der Waals surface area contributed by atoms with E-state index in [1.54, 1.807) is 19.5 Å². The van der Waals surface area contributed by atoms with Gasteiger partial charge in [-0.1, -0.05) is 12.1 Å². The maximum Gasteiger partial charge on any atom is 0.225 e. The van der Waals surface area contributed by atoms with Gasteiger partial charge in [0.1, 0.15) is 0 Å². The molecule has 0 saturated carbocycles. The predicted octanol–water partition coefficient (Wildman–Crippen LogP) is 1.84. The van der Waals surface area contributed by atoms with Crippen LogP contribution >= 0.6 is 0 Å². The van der Waals surface area contributed by atoms with Gasteiger partial charge in [0.25, 0.3) is 0 Å². The van der Waals surface area contributed by atoms with E-state index in [1.807, 2.05) is 12.4 Å². The molecule has 0 atom stereocenters. The second-order valence-electron chi connectivity index (χ2n) is 6.94. The molecule has 1 saturated heterocycles. The van der Waals surface area contributed by atoms with E-state index in [-0.39, 0.29) is 0 Å². The maximum atomic E-state index is 5.54. The Hall–Kier alpha value is -3.13. The molecule has 2 aliphatic heterocycles. The van der Waals surface area contributed by atoms with Crippen molar-refractivity contribution < 1.29 is 9.47 Å². The van der Waals surface area contributed by atoms with Crippen molar-refractivity contribution >= 4 is 5.95 Å². The summed E-state index contributed by atoms with van der Waals surface area (Å²) >= 11 is 0. The van der Waals surface area contributed by atoms with Crippen molar-refractivity contribution in [2.45, 2.75) is 13.2 Å². The normalized spacial score (nSPS) is 16.3. The van der Waals surface area contributed by atoms with E-state index in [9.17, 15) is 0 Å². The van der Waals surface area contributed by atoms with Crippen LogP contribution in [-0.2, 0) is 18.0 Å². The highest BCUT2D eigenvalue weighted by atomic mass is 16.5. The molecular weight excluding hydrogens is 356 g/mol. The Kier molecular flexibility index (Phi) is 4.32. The molecule has 8 nitrogen and oxygen atoms in total. The van der Waals surface area contributed by atoms with E-state index in [4.69, 9.17) is 9.47 Å². The van der Waals surface area contributed by atoms with Gasteiger partial charge in [0.05, 0.1) is 45.8 Å². The quantitative estimate of drug-likeness (QED) is 0.686.